The van der Waals surface area contributed by atoms with Crippen molar-refractivity contribution in [2.75, 3.05) is 0 Å². The lowest BCUT2D eigenvalue weighted by Gasteiger charge is -2.29. The lowest BCUT2D eigenvalue weighted by Crippen LogP contribution is -2.49. The van der Waals surface area contributed by atoms with Crippen LogP contribution >= 0.6 is 23.2 Å². The minimum absolute atomic E-state index is 0.00774. The second-order valence-electron chi connectivity index (χ2n) is 6.76. The van der Waals surface area contributed by atoms with Gasteiger partial charge in [0.1, 0.15) is 6.04 Å². The summed E-state index contributed by atoms with van der Waals surface area (Å²) in [6, 6.07) is 13.9. The zero-order valence-electron chi connectivity index (χ0n) is 15.7. The Morgan fingerprint density at radius 2 is 1.74 bits per heavy atom. The lowest BCUT2D eigenvalue weighted by atomic mass is 10.1. The Balaban J connectivity index is 2.26. The normalized spacial score (nSPS) is 11.9. The van der Waals surface area contributed by atoms with Crippen molar-refractivity contribution in [2.24, 2.45) is 0 Å². The Morgan fingerprint density at radius 1 is 1.04 bits per heavy atom. The fourth-order valence-electron chi connectivity index (χ4n) is 2.73. The summed E-state index contributed by atoms with van der Waals surface area (Å²) in [6.07, 6.45) is 0.125. The number of nitrogens with one attached hydrogen (secondary N) is 1. The van der Waals surface area contributed by atoms with Crippen LogP contribution in [-0.2, 0) is 22.6 Å². The van der Waals surface area contributed by atoms with Crippen molar-refractivity contribution in [3.63, 3.8) is 0 Å². The molecule has 6 heteroatoms. The van der Waals surface area contributed by atoms with Gasteiger partial charge in [-0.05, 0) is 50.1 Å². The second kappa shape index (κ2) is 9.77. The predicted octanol–water partition coefficient (Wildman–Crippen LogP) is 4.48. The van der Waals surface area contributed by atoms with Crippen molar-refractivity contribution in [3.8, 4) is 0 Å². The van der Waals surface area contributed by atoms with Crippen molar-refractivity contribution in [1.82, 2.24) is 10.2 Å². The number of nitrogens with zero attached hydrogens (tertiary/aromatic N) is 1. The van der Waals surface area contributed by atoms with Crippen LogP contribution in [-0.4, -0.2) is 28.8 Å². The summed E-state index contributed by atoms with van der Waals surface area (Å²) in [5, 5.41) is 3.99. The molecule has 0 aliphatic heterocycles. The van der Waals surface area contributed by atoms with E-state index in [0.717, 1.165) is 11.1 Å². The summed E-state index contributed by atoms with van der Waals surface area (Å²) in [7, 11) is 0. The van der Waals surface area contributed by atoms with E-state index in [4.69, 9.17) is 23.2 Å². The first-order valence-corrected chi connectivity index (χ1v) is 9.61. The molecule has 0 saturated carbocycles. The van der Waals surface area contributed by atoms with E-state index >= 15 is 0 Å². The Bertz CT molecular complexity index is 808. The number of carbonyl (C=O) groups is 2. The van der Waals surface area contributed by atoms with Gasteiger partial charge in [0, 0.05) is 22.6 Å². The first kappa shape index (κ1) is 21.3. The van der Waals surface area contributed by atoms with Crippen LogP contribution in [0.3, 0.4) is 0 Å². The number of rotatable bonds is 7. The van der Waals surface area contributed by atoms with Crippen molar-refractivity contribution in [2.45, 2.75) is 45.8 Å². The molecule has 0 heterocycles. The van der Waals surface area contributed by atoms with Crippen LogP contribution in [0.4, 0.5) is 0 Å². The SMILES string of the molecule is CC(C)NC(=O)[C@H](C)N(Cc1cccc(Cl)c1)C(=O)Cc1ccccc1Cl. The van der Waals surface area contributed by atoms with Crippen LogP contribution in [0, 0.1) is 0 Å². The van der Waals surface area contributed by atoms with Gasteiger partial charge >= 0.3 is 0 Å². The van der Waals surface area contributed by atoms with Gasteiger partial charge in [0.15, 0.2) is 0 Å². The number of hydrogen-bond acceptors (Lipinski definition) is 2. The highest BCUT2D eigenvalue weighted by atomic mass is 35.5. The molecule has 1 atom stereocenters. The van der Waals surface area contributed by atoms with Gasteiger partial charge in [0.2, 0.25) is 11.8 Å². The van der Waals surface area contributed by atoms with E-state index in [1.165, 1.54) is 0 Å². The third kappa shape index (κ3) is 6.26. The molecule has 4 nitrogen and oxygen atoms in total. The standard InChI is InChI=1S/C21H24Cl2N2O2/c1-14(2)24-21(27)15(3)25(13-16-7-6-9-18(22)11-16)20(26)12-17-8-4-5-10-19(17)23/h4-11,14-15H,12-13H2,1-3H3,(H,24,27)/t15-/m0/s1. The Morgan fingerprint density at radius 3 is 2.37 bits per heavy atom. The first-order chi connectivity index (χ1) is 12.8. The molecule has 2 aromatic rings. The van der Waals surface area contributed by atoms with E-state index in [-0.39, 0.29) is 30.8 Å². The van der Waals surface area contributed by atoms with E-state index in [9.17, 15) is 9.59 Å². The molecular formula is C21H24Cl2N2O2. The molecular weight excluding hydrogens is 383 g/mol. The Hall–Kier alpha value is -2.04. The maximum Gasteiger partial charge on any atom is 0.242 e. The predicted molar refractivity (Wildman–Crippen MR) is 110 cm³/mol. The Labute approximate surface area is 170 Å². The highest BCUT2D eigenvalue weighted by molar-refractivity contribution is 6.31. The van der Waals surface area contributed by atoms with Crippen LogP contribution in [0.5, 0.6) is 0 Å². The molecule has 0 unspecified atom stereocenters. The van der Waals surface area contributed by atoms with Crippen LogP contribution in [0.1, 0.15) is 31.9 Å². The highest BCUT2D eigenvalue weighted by Crippen LogP contribution is 2.19. The molecule has 0 saturated heterocycles. The Kier molecular flexibility index (Phi) is 7.69. The summed E-state index contributed by atoms with van der Waals surface area (Å²) in [4.78, 5) is 27.1. The summed E-state index contributed by atoms with van der Waals surface area (Å²) in [5.41, 5.74) is 1.59. The largest absolute Gasteiger partial charge is 0.352 e. The second-order valence-corrected chi connectivity index (χ2v) is 7.60. The van der Waals surface area contributed by atoms with Crippen LogP contribution in [0.25, 0.3) is 0 Å². The number of amides is 2. The smallest absolute Gasteiger partial charge is 0.242 e. The van der Waals surface area contributed by atoms with Crippen LogP contribution < -0.4 is 5.32 Å². The molecule has 0 bridgehead atoms. The highest BCUT2D eigenvalue weighted by Gasteiger charge is 2.27. The van der Waals surface area contributed by atoms with E-state index in [1.54, 1.807) is 30.0 Å². The van der Waals surface area contributed by atoms with Crippen molar-refractivity contribution < 1.29 is 9.59 Å². The molecule has 144 valence electrons. The van der Waals surface area contributed by atoms with Crippen molar-refractivity contribution >= 4 is 35.0 Å². The van der Waals surface area contributed by atoms with Crippen LogP contribution in [0.2, 0.25) is 10.0 Å². The van der Waals surface area contributed by atoms with E-state index < -0.39 is 6.04 Å². The van der Waals surface area contributed by atoms with E-state index in [0.29, 0.717) is 10.0 Å². The number of benzene rings is 2. The molecule has 2 rings (SSSR count). The van der Waals surface area contributed by atoms with Gasteiger partial charge in [-0.1, -0.05) is 53.5 Å². The zero-order chi connectivity index (χ0) is 20.0. The molecule has 0 spiro atoms. The van der Waals surface area contributed by atoms with Crippen LogP contribution in [0.15, 0.2) is 48.5 Å². The maximum absolute atomic E-state index is 13.0. The van der Waals surface area contributed by atoms with Gasteiger partial charge in [-0.3, -0.25) is 9.59 Å². The molecule has 0 aliphatic carbocycles. The summed E-state index contributed by atoms with van der Waals surface area (Å²) < 4.78 is 0. The lowest BCUT2D eigenvalue weighted by molar-refractivity contribution is -0.140. The fraction of sp³-hybridized carbons (Fsp3) is 0.333. The summed E-state index contributed by atoms with van der Waals surface area (Å²) >= 11 is 12.3. The molecule has 0 aliphatic rings. The van der Waals surface area contributed by atoms with Gasteiger partial charge in [-0.2, -0.15) is 0 Å². The van der Waals surface area contributed by atoms with Crippen molar-refractivity contribution in [1.29, 1.82) is 0 Å². The van der Waals surface area contributed by atoms with Gasteiger partial charge in [0.05, 0.1) is 6.42 Å². The van der Waals surface area contributed by atoms with Gasteiger partial charge in [-0.25, -0.2) is 0 Å². The summed E-state index contributed by atoms with van der Waals surface area (Å²) in [6.45, 7) is 5.79. The van der Waals surface area contributed by atoms with Crippen molar-refractivity contribution in [3.05, 3.63) is 69.7 Å². The van der Waals surface area contributed by atoms with E-state index in [2.05, 4.69) is 5.32 Å². The monoisotopic (exact) mass is 406 g/mol. The number of halogens is 2. The molecule has 27 heavy (non-hydrogen) atoms. The van der Waals surface area contributed by atoms with Gasteiger partial charge < -0.3 is 10.2 Å². The first-order valence-electron chi connectivity index (χ1n) is 8.85. The topological polar surface area (TPSA) is 49.4 Å². The maximum atomic E-state index is 13.0. The fourth-order valence-corrected chi connectivity index (χ4v) is 3.14. The van der Waals surface area contributed by atoms with Gasteiger partial charge in [-0.15, -0.1) is 0 Å². The molecule has 1 N–H and O–H groups in total. The quantitative estimate of drug-likeness (QED) is 0.736. The number of carbonyl (C=O) groups excluding carboxylic acids is 2. The van der Waals surface area contributed by atoms with Gasteiger partial charge in [0.25, 0.3) is 0 Å². The number of hydrogen-bond donors (Lipinski definition) is 1. The zero-order valence-corrected chi connectivity index (χ0v) is 17.2. The molecule has 2 aromatic carbocycles. The molecule has 0 aromatic heterocycles. The molecule has 2 amide bonds. The molecule has 0 radical (unpaired) electrons. The third-order valence-corrected chi connectivity index (χ3v) is 4.74. The minimum Gasteiger partial charge on any atom is -0.352 e. The molecule has 0 fully saturated rings. The summed E-state index contributed by atoms with van der Waals surface area (Å²) in [5.74, 6) is -0.367. The third-order valence-electron chi connectivity index (χ3n) is 4.14. The van der Waals surface area contributed by atoms with E-state index in [1.807, 2.05) is 44.2 Å². The minimum atomic E-state index is -0.624. The average molecular weight is 407 g/mol. The average Bonchev–Trinajstić information content (AvgIpc) is 2.60.